The average molecular weight is 255 g/mol. The molecule has 7 heteroatoms. The molecule has 0 saturated carbocycles. The van der Waals surface area contributed by atoms with Crippen molar-refractivity contribution in [3.8, 4) is 0 Å². The van der Waals surface area contributed by atoms with E-state index in [9.17, 15) is 19.5 Å². The normalized spacial score (nSPS) is 13.9. The van der Waals surface area contributed by atoms with E-state index in [0.717, 1.165) is 6.07 Å². The van der Waals surface area contributed by atoms with Crippen molar-refractivity contribution in [3.05, 3.63) is 32.6 Å². The molecular formula is C11H17N3O4. The zero-order chi connectivity index (χ0) is 13.8. The molecule has 0 saturated heterocycles. The summed E-state index contributed by atoms with van der Waals surface area (Å²) in [6.45, 7) is 3.54. The third-order valence-corrected chi connectivity index (χ3v) is 2.60. The average Bonchev–Trinajstić information content (AvgIpc) is 2.25. The van der Waals surface area contributed by atoms with E-state index in [1.807, 2.05) is 4.98 Å². The number of carbonyl (C=O) groups is 1. The van der Waals surface area contributed by atoms with Crippen molar-refractivity contribution >= 4 is 5.91 Å². The van der Waals surface area contributed by atoms with Crippen LogP contribution in [0.1, 0.15) is 26.0 Å². The van der Waals surface area contributed by atoms with Crippen LogP contribution in [0.2, 0.25) is 0 Å². The quantitative estimate of drug-likeness (QED) is 0.533. The van der Waals surface area contributed by atoms with Crippen molar-refractivity contribution in [1.82, 2.24) is 15.3 Å². The molecule has 18 heavy (non-hydrogen) atoms. The van der Waals surface area contributed by atoms with Crippen LogP contribution in [-0.2, 0) is 11.2 Å². The van der Waals surface area contributed by atoms with Crippen LogP contribution in [0.4, 0.5) is 0 Å². The Morgan fingerprint density at radius 3 is 2.67 bits per heavy atom. The summed E-state index contributed by atoms with van der Waals surface area (Å²) in [5.74, 6) is -0.370. The van der Waals surface area contributed by atoms with Crippen molar-refractivity contribution in [2.75, 3.05) is 6.54 Å². The fourth-order valence-corrected chi connectivity index (χ4v) is 1.26. The second-order valence-corrected chi connectivity index (χ2v) is 4.42. The Labute approximate surface area is 103 Å². The van der Waals surface area contributed by atoms with E-state index in [0.29, 0.717) is 6.42 Å². The smallest absolute Gasteiger partial charge is 0.325 e. The van der Waals surface area contributed by atoms with Gasteiger partial charge in [-0.2, -0.15) is 0 Å². The summed E-state index contributed by atoms with van der Waals surface area (Å²) >= 11 is 0. The van der Waals surface area contributed by atoms with Gasteiger partial charge in [-0.15, -0.1) is 0 Å². The van der Waals surface area contributed by atoms with Gasteiger partial charge in [-0.05, 0) is 13.3 Å². The van der Waals surface area contributed by atoms with Gasteiger partial charge >= 0.3 is 5.69 Å². The summed E-state index contributed by atoms with van der Waals surface area (Å²) in [4.78, 5) is 37.9. The van der Waals surface area contributed by atoms with Gasteiger partial charge in [-0.3, -0.25) is 14.6 Å². The highest BCUT2D eigenvalue weighted by Crippen LogP contribution is 2.05. The van der Waals surface area contributed by atoms with Gasteiger partial charge in [0.05, 0.1) is 12.0 Å². The number of amides is 1. The lowest BCUT2D eigenvalue weighted by Gasteiger charge is -2.21. The minimum absolute atomic E-state index is 0.112. The minimum atomic E-state index is -0.961. The first kappa shape index (κ1) is 14.2. The number of carbonyl (C=O) groups excluding carboxylic acids is 1. The van der Waals surface area contributed by atoms with Crippen molar-refractivity contribution in [2.45, 2.75) is 32.3 Å². The summed E-state index contributed by atoms with van der Waals surface area (Å²) in [6, 6.07) is 1.15. The topological polar surface area (TPSA) is 115 Å². The Morgan fingerprint density at radius 1 is 1.44 bits per heavy atom. The summed E-state index contributed by atoms with van der Waals surface area (Å²) in [7, 11) is 0. The molecule has 1 unspecified atom stereocenters. The third-order valence-electron chi connectivity index (χ3n) is 2.60. The zero-order valence-corrected chi connectivity index (χ0v) is 10.4. The highest BCUT2D eigenvalue weighted by molar-refractivity contribution is 5.78. The molecule has 7 nitrogen and oxygen atoms in total. The first-order valence-corrected chi connectivity index (χ1v) is 5.64. The molecule has 1 heterocycles. The SMILES string of the molecule is CCC(C)(O)CNC(=O)Cc1cc(=O)[nH]c(=O)[nH]1. The van der Waals surface area contributed by atoms with Crippen molar-refractivity contribution in [2.24, 2.45) is 0 Å². The Balaban J connectivity index is 2.60. The first-order valence-electron chi connectivity index (χ1n) is 5.64. The molecular weight excluding hydrogens is 238 g/mol. The molecule has 1 amide bonds. The van der Waals surface area contributed by atoms with E-state index in [1.165, 1.54) is 0 Å². The second-order valence-electron chi connectivity index (χ2n) is 4.42. The van der Waals surface area contributed by atoms with Gasteiger partial charge in [0.25, 0.3) is 5.56 Å². The molecule has 1 aromatic heterocycles. The number of hydrogen-bond donors (Lipinski definition) is 4. The van der Waals surface area contributed by atoms with Crippen molar-refractivity contribution < 1.29 is 9.90 Å². The van der Waals surface area contributed by atoms with E-state index in [-0.39, 0.29) is 24.6 Å². The van der Waals surface area contributed by atoms with Gasteiger partial charge in [0.1, 0.15) is 0 Å². The predicted molar refractivity (Wildman–Crippen MR) is 65.3 cm³/mol. The Hall–Kier alpha value is -1.89. The molecule has 0 bridgehead atoms. The number of aromatic nitrogens is 2. The molecule has 0 aliphatic heterocycles. The second kappa shape index (κ2) is 5.63. The maximum Gasteiger partial charge on any atom is 0.325 e. The molecule has 0 aliphatic carbocycles. The number of aliphatic hydroxyl groups is 1. The zero-order valence-electron chi connectivity index (χ0n) is 10.4. The minimum Gasteiger partial charge on any atom is -0.388 e. The van der Waals surface area contributed by atoms with Gasteiger partial charge in [0.2, 0.25) is 5.91 Å². The molecule has 1 atom stereocenters. The van der Waals surface area contributed by atoms with E-state index in [4.69, 9.17) is 0 Å². The fourth-order valence-electron chi connectivity index (χ4n) is 1.26. The van der Waals surface area contributed by atoms with Crippen LogP contribution in [0.3, 0.4) is 0 Å². The van der Waals surface area contributed by atoms with Crippen LogP contribution < -0.4 is 16.6 Å². The Kier molecular flexibility index (Phi) is 4.43. The summed E-state index contributed by atoms with van der Waals surface area (Å²) in [5, 5.41) is 12.2. The monoisotopic (exact) mass is 255 g/mol. The van der Waals surface area contributed by atoms with Crippen molar-refractivity contribution in [1.29, 1.82) is 0 Å². The summed E-state index contributed by atoms with van der Waals surface area (Å²) < 4.78 is 0. The molecule has 0 spiro atoms. The largest absolute Gasteiger partial charge is 0.388 e. The summed E-state index contributed by atoms with van der Waals surface area (Å²) in [5.41, 5.74) is -1.93. The molecule has 1 aromatic rings. The van der Waals surface area contributed by atoms with Crippen LogP contribution in [0.15, 0.2) is 15.7 Å². The highest BCUT2D eigenvalue weighted by atomic mass is 16.3. The highest BCUT2D eigenvalue weighted by Gasteiger charge is 2.18. The lowest BCUT2D eigenvalue weighted by molar-refractivity contribution is -0.121. The van der Waals surface area contributed by atoms with Gasteiger partial charge < -0.3 is 15.4 Å². The molecule has 0 aromatic carbocycles. The fraction of sp³-hybridized carbons (Fsp3) is 0.545. The van der Waals surface area contributed by atoms with Crippen LogP contribution in [0.5, 0.6) is 0 Å². The lowest BCUT2D eigenvalue weighted by Crippen LogP contribution is -2.41. The molecule has 100 valence electrons. The Bertz CT molecular complexity index is 501. The molecule has 1 rings (SSSR count). The predicted octanol–water partition coefficient (Wildman–Crippen LogP) is -1.12. The van der Waals surface area contributed by atoms with Crippen molar-refractivity contribution in [3.63, 3.8) is 0 Å². The number of rotatable bonds is 5. The van der Waals surface area contributed by atoms with Crippen LogP contribution in [-0.4, -0.2) is 33.1 Å². The van der Waals surface area contributed by atoms with E-state index >= 15 is 0 Å². The number of H-pyrrole nitrogens is 2. The van der Waals surface area contributed by atoms with Crippen LogP contribution in [0, 0.1) is 0 Å². The standard InChI is InChI=1S/C11H17N3O4/c1-3-11(2,18)6-12-8(15)4-7-5-9(16)14-10(17)13-7/h5,18H,3-4,6H2,1-2H3,(H,12,15)(H2,13,14,16,17). The number of aromatic amines is 2. The maximum atomic E-state index is 11.5. The van der Waals surface area contributed by atoms with Crippen LogP contribution >= 0.6 is 0 Å². The van der Waals surface area contributed by atoms with Gasteiger partial charge in [0.15, 0.2) is 0 Å². The molecule has 0 aliphatic rings. The van der Waals surface area contributed by atoms with Gasteiger partial charge in [0, 0.05) is 18.3 Å². The number of hydrogen-bond acceptors (Lipinski definition) is 4. The maximum absolute atomic E-state index is 11.5. The summed E-state index contributed by atoms with van der Waals surface area (Å²) in [6.07, 6.45) is 0.397. The molecule has 0 fully saturated rings. The third kappa shape index (κ3) is 4.54. The lowest BCUT2D eigenvalue weighted by atomic mass is 10.0. The van der Waals surface area contributed by atoms with Gasteiger partial charge in [-0.1, -0.05) is 6.92 Å². The van der Waals surface area contributed by atoms with E-state index < -0.39 is 16.9 Å². The van der Waals surface area contributed by atoms with Gasteiger partial charge in [-0.25, -0.2) is 4.79 Å². The molecule has 0 radical (unpaired) electrons. The van der Waals surface area contributed by atoms with E-state index in [1.54, 1.807) is 13.8 Å². The van der Waals surface area contributed by atoms with E-state index in [2.05, 4.69) is 10.3 Å². The molecule has 4 N–H and O–H groups in total. The Morgan fingerprint density at radius 2 is 2.11 bits per heavy atom. The first-order chi connectivity index (χ1) is 8.32. The number of nitrogens with one attached hydrogen (secondary N) is 3. The van der Waals surface area contributed by atoms with Crippen LogP contribution in [0.25, 0.3) is 0 Å².